The zero-order chi connectivity index (χ0) is 20.8. The van der Waals surface area contributed by atoms with Gasteiger partial charge in [-0.2, -0.15) is 9.97 Å². The van der Waals surface area contributed by atoms with Crippen molar-refractivity contribution >= 4 is 23.2 Å². The molecule has 0 spiro atoms. The lowest BCUT2D eigenvalue weighted by atomic mass is 10.1. The van der Waals surface area contributed by atoms with Gasteiger partial charge in [0.2, 0.25) is 17.4 Å². The van der Waals surface area contributed by atoms with Crippen LogP contribution in [0.4, 0.5) is 6.01 Å². The summed E-state index contributed by atoms with van der Waals surface area (Å²) in [4.78, 5) is 30.0. The summed E-state index contributed by atoms with van der Waals surface area (Å²) in [5.74, 6) is 1.72. The van der Waals surface area contributed by atoms with E-state index in [-0.39, 0.29) is 5.91 Å². The summed E-state index contributed by atoms with van der Waals surface area (Å²) in [6.07, 6.45) is 3.92. The molecule has 9 nitrogen and oxygen atoms in total. The van der Waals surface area contributed by atoms with E-state index in [1.165, 1.54) is 0 Å². The Kier molecular flexibility index (Phi) is 4.19. The number of amides is 1. The first-order valence-corrected chi connectivity index (χ1v) is 10.4. The van der Waals surface area contributed by atoms with Crippen LogP contribution in [0.1, 0.15) is 35.0 Å². The zero-order valence-corrected chi connectivity index (χ0v) is 16.8. The van der Waals surface area contributed by atoms with Gasteiger partial charge in [0.1, 0.15) is 5.52 Å². The molecule has 1 aliphatic carbocycles. The highest BCUT2D eigenvalue weighted by atomic mass is 16.5. The Labute approximate surface area is 177 Å². The first-order chi connectivity index (χ1) is 15.2. The molecule has 31 heavy (non-hydrogen) atoms. The molecule has 0 radical (unpaired) electrons. The third-order valence-electron chi connectivity index (χ3n) is 5.75. The van der Waals surface area contributed by atoms with Crippen LogP contribution in [0.25, 0.3) is 22.6 Å². The van der Waals surface area contributed by atoms with Gasteiger partial charge in [-0.15, -0.1) is 0 Å². The van der Waals surface area contributed by atoms with Gasteiger partial charge >= 0.3 is 0 Å². The number of nitrogens with zero attached hydrogens (tertiary/aromatic N) is 6. The molecule has 4 aromatic rings. The molecule has 1 amide bonds. The molecule has 0 unspecified atom stereocenters. The van der Waals surface area contributed by atoms with Crippen LogP contribution in [0, 0.1) is 0 Å². The third-order valence-corrected chi connectivity index (χ3v) is 5.75. The Hall–Kier alpha value is -3.75. The minimum Gasteiger partial charge on any atom is -0.404 e. The minimum atomic E-state index is 0.0113. The normalized spacial score (nSPS) is 16.8. The summed E-state index contributed by atoms with van der Waals surface area (Å²) in [5.41, 5.74) is 2.76. The highest BCUT2D eigenvalue weighted by Gasteiger charge is 2.30. The number of anilines is 1. The molecule has 0 atom stereocenters. The maximum absolute atomic E-state index is 12.9. The molecule has 1 aliphatic heterocycles. The molecule has 3 aromatic heterocycles. The average molecular weight is 416 g/mol. The number of pyridine rings is 1. The molecule has 2 fully saturated rings. The standard InChI is InChI=1S/C22H20N6O3/c29-21(16-7-3-14(4-8-16)18-25-19(31-26-18)15-5-6-15)27-10-12-28(13-11-27)22-24-17-2-1-9-23-20(17)30-22/h1-4,7-9,15H,5-6,10-13H2. The molecular weight excluding hydrogens is 396 g/mol. The summed E-state index contributed by atoms with van der Waals surface area (Å²) in [7, 11) is 0. The van der Waals surface area contributed by atoms with E-state index in [1.54, 1.807) is 6.20 Å². The van der Waals surface area contributed by atoms with Crippen LogP contribution in [0.3, 0.4) is 0 Å². The van der Waals surface area contributed by atoms with E-state index in [1.807, 2.05) is 46.2 Å². The van der Waals surface area contributed by atoms with Crippen molar-refractivity contribution in [2.75, 3.05) is 31.1 Å². The molecule has 2 aliphatic rings. The smallest absolute Gasteiger partial charge is 0.299 e. The molecule has 1 aromatic carbocycles. The van der Waals surface area contributed by atoms with Gasteiger partial charge in [0.25, 0.3) is 11.9 Å². The van der Waals surface area contributed by atoms with Crippen molar-refractivity contribution in [2.45, 2.75) is 18.8 Å². The minimum absolute atomic E-state index is 0.0113. The number of rotatable bonds is 4. The number of piperazine rings is 1. The second kappa shape index (κ2) is 7.19. The Bertz CT molecular complexity index is 1200. The predicted octanol–water partition coefficient (Wildman–Crippen LogP) is 3.11. The lowest BCUT2D eigenvalue weighted by molar-refractivity contribution is 0.0745. The van der Waals surface area contributed by atoms with Crippen molar-refractivity contribution in [1.29, 1.82) is 0 Å². The van der Waals surface area contributed by atoms with Crippen LogP contribution >= 0.6 is 0 Å². The predicted molar refractivity (Wildman–Crippen MR) is 112 cm³/mol. The number of fused-ring (bicyclic) bond motifs is 1. The summed E-state index contributed by atoms with van der Waals surface area (Å²) < 4.78 is 11.1. The third kappa shape index (κ3) is 3.41. The molecule has 0 bridgehead atoms. The van der Waals surface area contributed by atoms with Crippen molar-refractivity contribution < 1.29 is 13.7 Å². The molecule has 9 heteroatoms. The topological polar surface area (TPSA) is 101 Å². The van der Waals surface area contributed by atoms with Crippen molar-refractivity contribution in [3.63, 3.8) is 0 Å². The summed E-state index contributed by atoms with van der Waals surface area (Å²) in [6, 6.07) is 11.7. The fourth-order valence-electron chi connectivity index (χ4n) is 3.79. The Morgan fingerprint density at radius 3 is 2.55 bits per heavy atom. The quantitative estimate of drug-likeness (QED) is 0.500. The summed E-state index contributed by atoms with van der Waals surface area (Å²) in [5, 5.41) is 4.06. The number of benzene rings is 1. The van der Waals surface area contributed by atoms with Crippen molar-refractivity contribution in [3.05, 3.63) is 54.0 Å². The van der Waals surface area contributed by atoms with Crippen molar-refractivity contribution in [3.8, 4) is 11.4 Å². The number of carbonyl (C=O) groups is 1. The summed E-state index contributed by atoms with van der Waals surface area (Å²) in [6.45, 7) is 2.51. The first kappa shape index (κ1) is 18.1. The molecule has 1 saturated heterocycles. The van der Waals surface area contributed by atoms with Crippen molar-refractivity contribution in [1.82, 2.24) is 25.0 Å². The maximum Gasteiger partial charge on any atom is 0.299 e. The fourth-order valence-corrected chi connectivity index (χ4v) is 3.79. The van der Waals surface area contributed by atoms with Gasteiger partial charge in [-0.25, -0.2) is 4.98 Å². The maximum atomic E-state index is 12.9. The number of oxazole rings is 1. The van der Waals surface area contributed by atoms with Crippen LogP contribution in [-0.2, 0) is 0 Å². The second-order valence-corrected chi connectivity index (χ2v) is 7.91. The monoisotopic (exact) mass is 416 g/mol. The van der Waals surface area contributed by atoms with Crippen LogP contribution in [-0.4, -0.2) is 57.1 Å². The molecule has 0 N–H and O–H groups in total. The van der Waals surface area contributed by atoms with Crippen LogP contribution < -0.4 is 4.90 Å². The van der Waals surface area contributed by atoms with E-state index >= 15 is 0 Å². The number of aromatic nitrogens is 4. The number of hydrogen-bond donors (Lipinski definition) is 0. The average Bonchev–Trinajstić information content (AvgIpc) is 3.39. The highest BCUT2D eigenvalue weighted by molar-refractivity contribution is 5.94. The SMILES string of the molecule is O=C(c1ccc(-c2noc(C3CC3)n2)cc1)N1CCN(c2nc3cccnc3o2)CC1. The zero-order valence-electron chi connectivity index (χ0n) is 16.8. The van der Waals surface area contributed by atoms with Gasteiger partial charge in [0, 0.05) is 49.4 Å². The van der Waals surface area contributed by atoms with Gasteiger partial charge in [-0.3, -0.25) is 4.79 Å². The van der Waals surface area contributed by atoms with E-state index in [2.05, 4.69) is 20.1 Å². The molecule has 4 heterocycles. The number of carbonyl (C=O) groups excluding carboxylic acids is 1. The van der Waals surface area contributed by atoms with Gasteiger partial charge in [-0.1, -0.05) is 17.3 Å². The van der Waals surface area contributed by atoms with Gasteiger partial charge in [0.05, 0.1) is 0 Å². The van der Waals surface area contributed by atoms with E-state index in [4.69, 9.17) is 8.94 Å². The highest BCUT2D eigenvalue weighted by Crippen LogP contribution is 2.39. The molecule has 156 valence electrons. The van der Waals surface area contributed by atoms with Crippen LogP contribution in [0.15, 0.2) is 51.5 Å². The van der Waals surface area contributed by atoms with Crippen molar-refractivity contribution in [2.24, 2.45) is 0 Å². The van der Waals surface area contributed by atoms with E-state index in [0.29, 0.717) is 61.1 Å². The number of hydrogen-bond acceptors (Lipinski definition) is 8. The van der Waals surface area contributed by atoms with E-state index in [0.717, 1.165) is 23.9 Å². The second-order valence-electron chi connectivity index (χ2n) is 7.91. The summed E-state index contributed by atoms with van der Waals surface area (Å²) >= 11 is 0. The van der Waals surface area contributed by atoms with Crippen LogP contribution in [0.2, 0.25) is 0 Å². The lowest BCUT2D eigenvalue weighted by Gasteiger charge is -2.33. The first-order valence-electron chi connectivity index (χ1n) is 10.4. The molecule has 6 rings (SSSR count). The Morgan fingerprint density at radius 2 is 1.81 bits per heavy atom. The Balaban J connectivity index is 1.11. The Morgan fingerprint density at radius 1 is 1.00 bits per heavy atom. The van der Waals surface area contributed by atoms with E-state index in [9.17, 15) is 4.79 Å². The fraction of sp³-hybridized carbons (Fsp3) is 0.318. The van der Waals surface area contributed by atoms with Crippen LogP contribution in [0.5, 0.6) is 0 Å². The van der Waals surface area contributed by atoms with Gasteiger partial charge in [0.15, 0.2) is 0 Å². The van der Waals surface area contributed by atoms with Gasteiger partial charge < -0.3 is 18.7 Å². The largest absolute Gasteiger partial charge is 0.404 e. The molecule has 1 saturated carbocycles. The van der Waals surface area contributed by atoms with E-state index < -0.39 is 0 Å². The van der Waals surface area contributed by atoms with Gasteiger partial charge in [-0.05, 0) is 37.1 Å². The molecular formula is C22H20N6O3. The lowest BCUT2D eigenvalue weighted by Crippen LogP contribution is -2.48.